The summed E-state index contributed by atoms with van der Waals surface area (Å²) in [7, 11) is 0. The third-order valence-corrected chi connectivity index (χ3v) is 5.46. The van der Waals surface area contributed by atoms with Gasteiger partial charge in [0.2, 0.25) is 0 Å². The fourth-order valence-electron chi connectivity index (χ4n) is 3.96. The zero-order chi connectivity index (χ0) is 20.4. The van der Waals surface area contributed by atoms with Crippen LogP contribution in [0.4, 0.5) is 0 Å². The molecule has 1 aliphatic rings. The summed E-state index contributed by atoms with van der Waals surface area (Å²) >= 11 is 0. The Morgan fingerprint density at radius 2 is 2.17 bits per heavy atom. The van der Waals surface area contributed by atoms with E-state index in [9.17, 15) is 9.90 Å². The van der Waals surface area contributed by atoms with Crippen LogP contribution in [-0.2, 0) is 6.42 Å². The van der Waals surface area contributed by atoms with Gasteiger partial charge in [0.25, 0.3) is 5.91 Å². The van der Waals surface area contributed by atoms with Gasteiger partial charge >= 0.3 is 0 Å². The van der Waals surface area contributed by atoms with Gasteiger partial charge in [0.1, 0.15) is 5.75 Å². The van der Waals surface area contributed by atoms with Crippen molar-refractivity contribution in [2.75, 3.05) is 6.54 Å². The zero-order valence-electron chi connectivity index (χ0n) is 16.8. The molecule has 0 amide bonds. The van der Waals surface area contributed by atoms with Crippen molar-refractivity contribution in [3.8, 4) is 5.75 Å². The molecule has 0 saturated carbocycles. The van der Waals surface area contributed by atoms with E-state index in [0.29, 0.717) is 13.0 Å². The van der Waals surface area contributed by atoms with Crippen LogP contribution in [0.5, 0.6) is 5.75 Å². The summed E-state index contributed by atoms with van der Waals surface area (Å²) in [4.78, 5) is 16.9. The molecule has 1 aromatic carbocycles. The minimum Gasteiger partial charge on any atom is -0.478 e. The maximum Gasteiger partial charge on any atom is 0.272 e. The van der Waals surface area contributed by atoms with E-state index in [2.05, 4.69) is 24.1 Å². The van der Waals surface area contributed by atoms with Gasteiger partial charge in [-0.15, -0.1) is 0 Å². The largest absolute Gasteiger partial charge is 0.478 e. The minimum atomic E-state index is -0.606. The average Bonchev–Trinajstić information content (AvgIpc) is 3.10. The van der Waals surface area contributed by atoms with Crippen molar-refractivity contribution in [3.63, 3.8) is 0 Å². The van der Waals surface area contributed by atoms with E-state index in [0.717, 1.165) is 40.6 Å². The number of pyridine rings is 1. The lowest BCUT2D eigenvalue weighted by Gasteiger charge is -2.24. The Balaban J connectivity index is 1.49. The highest BCUT2D eigenvalue weighted by molar-refractivity contribution is 6.01. The molecule has 2 aromatic heterocycles. The third kappa shape index (κ3) is 3.91. The lowest BCUT2D eigenvalue weighted by molar-refractivity contribution is 0.0666. The minimum absolute atomic E-state index is 0.00871. The van der Waals surface area contributed by atoms with Crippen molar-refractivity contribution in [3.05, 3.63) is 60.0 Å². The molecule has 6 heteroatoms. The Kier molecular flexibility index (Phi) is 5.65. The number of carbonyl (C=O) groups is 1. The van der Waals surface area contributed by atoms with E-state index in [-0.39, 0.29) is 11.9 Å². The van der Waals surface area contributed by atoms with Gasteiger partial charge in [-0.2, -0.15) is 0 Å². The monoisotopic (exact) mass is 393 g/mol. The molecule has 0 spiro atoms. The molecule has 0 saturated heterocycles. The van der Waals surface area contributed by atoms with Crippen molar-refractivity contribution >= 4 is 16.8 Å². The van der Waals surface area contributed by atoms with Gasteiger partial charge in [0, 0.05) is 42.1 Å². The van der Waals surface area contributed by atoms with E-state index in [1.54, 1.807) is 17.0 Å². The van der Waals surface area contributed by atoms with Crippen LogP contribution in [0, 0.1) is 0 Å². The van der Waals surface area contributed by atoms with Gasteiger partial charge in [-0.05, 0) is 37.5 Å². The first-order valence-electron chi connectivity index (χ1n) is 10.2. The average molecular weight is 393 g/mol. The number of rotatable bonds is 8. The van der Waals surface area contributed by atoms with Crippen LogP contribution in [-0.4, -0.2) is 39.3 Å². The van der Waals surface area contributed by atoms with Crippen molar-refractivity contribution in [2.45, 2.75) is 51.4 Å². The van der Waals surface area contributed by atoms with E-state index in [1.165, 1.54) is 0 Å². The van der Waals surface area contributed by atoms with Crippen molar-refractivity contribution in [1.29, 1.82) is 0 Å². The van der Waals surface area contributed by atoms with Crippen molar-refractivity contribution in [2.24, 2.45) is 0 Å². The first-order chi connectivity index (χ1) is 14.1. The van der Waals surface area contributed by atoms with Gasteiger partial charge in [-0.1, -0.05) is 31.5 Å². The Bertz CT molecular complexity index is 999. The van der Waals surface area contributed by atoms with Crippen LogP contribution >= 0.6 is 0 Å². The van der Waals surface area contributed by atoms with Crippen LogP contribution in [0.3, 0.4) is 0 Å². The molecule has 4 rings (SSSR count). The summed E-state index contributed by atoms with van der Waals surface area (Å²) in [5.74, 6) is 0.786. The molecule has 0 radical (unpaired) electrons. The molecule has 0 aliphatic carbocycles. The van der Waals surface area contributed by atoms with E-state index in [4.69, 9.17) is 4.74 Å². The van der Waals surface area contributed by atoms with E-state index < -0.39 is 12.2 Å². The number of aliphatic hydroxyl groups is 1. The van der Waals surface area contributed by atoms with Gasteiger partial charge in [-0.25, -0.2) is 0 Å². The van der Waals surface area contributed by atoms with Gasteiger partial charge in [0.15, 0.2) is 6.10 Å². The molecule has 29 heavy (non-hydrogen) atoms. The second-order valence-corrected chi connectivity index (χ2v) is 7.73. The van der Waals surface area contributed by atoms with Crippen LogP contribution in [0.15, 0.2) is 48.9 Å². The second kappa shape index (κ2) is 8.35. The molecule has 1 unspecified atom stereocenters. The topological polar surface area (TPSA) is 76.4 Å². The number of hydrogen-bond acceptors (Lipinski definition) is 5. The third-order valence-electron chi connectivity index (χ3n) is 5.46. The number of aromatic nitrogens is 2. The number of nitrogens with one attached hydrogen (secondary N) is 1. The summed E-state index contributed by atoms with van der Waals surface area (Å²) < 4.78 is 7.74. The van der Waals surface area contributed by atoms with Gasteiger partial charge < -0.3 is 15.2 Å². The number of para-hydroxylation sites is 1. The second-order valence-electron chi connectivity index (χ2n) is 7.73. The molecule has 3 aromatic rings. The number of carbonyl (C=O) groups excluding carboxylic acids is 1. The Morgan fingerprint density at radius 1 is 1.31 bits per heavy atom. The molecule has 3 heterocycles. The van der Waals surface area contributed by atoms with Crippen LogP contribution in [0.1, 0.15) is 48.7 Å². The lowest BCUT2D eigenvalue weighted by atomic mass is 10.0. The number of ether oxygens (including phenoxy) is 1. The fourth-order valence-corrected chi connectivity index (χ4v) is 3.96. The summed E-state index contributed by atoms with van der Waals surface area (Å²) in [5, 5.41) is 14.8. The molecule has 3 atom stereocenters. The molecule has 0 fully saturated rings. The first-order valence-corrected chi connectivity index (χ1v) is 10.2. The quantitative estimate of drug-likeness (QED) is 0.613. The SMILES string of the molecule is CCCC1Oc2cccc3c(C[C@@H](C)NC[C@H](O)c4cccnc4)cn(c23)C1=O. The van der Waals surface area contributed by atoms with Crippen LogP contribution < -0.4 is 10.1 Å². The Labute approximate surface area is 170 Å². The molecular formula is C23H27N3O3. The highest BCUT2D eigenvalue weighted by Gasteiger charge is 2.30. The first kappa shape index (κ1) is 19.6. The Morgan fingerprint density at radius 3 is 2.93 bits per heavy atom. The summed E-state index contributed by atoms with van der Waals surface area (Å²) in [6.45, 7) is 4.58. The van der Waals surface area contributed by atoms with Crippen LogP contribution in [0.25, 0.3) is 10.9 Å². The molecule has 2 N–H and O–H groups in total. The highest BCUT2D eigenvalue weighted by atomic mass is 16.5. The van der Waals surface area contributed by atoms with E-state index in [1.807, 2.05) is 36.5 Å². The number of hydrogen-bond donors (Lipinski definition) is 2. The maximum atomic E-state index is 12.8. The molecule has 152 valence electrons. The summed E-state index contributed by atoms with van der Waals surface area (Å²) in [6.07, 6.45) is 6.67. The predicted molar refractivity (Wildman–Crippen MR) is 112 cm³/mol. The molecule has 6 nitrogen and oxygen atoms in total. The van der Waals surface area contributed by atoms with E-state index >= 15 is 0 Å². The zero-order valence-corrected chi connectivity index (χ0v) is 16.8. The Hall–Kier alpha value is -2.70. The standard InChI is InChI=1S/C23H27N3O3/c1-3-6-21-23(28)26-14-17(18-8-4-9-20(29-21)22(18)26)11-15(2)25-13-19(27)16-7-5-10-24-12-16/h4-5,7-10,12,14-15,19,21,25,27H,3,6,11,13H2,1-2H3/t15-,19+,21?/m1/s1. The molecule has 0 bridgehead atoms. The number of nitrogens with zero attached hydrogens (tertiary/aromatic N) is 2. The number of benzene rings is 1. The lowest BCUT2D eigenvalue weighted by Crippen LogP contribution is -2.35. The fraction of sp³-hybridized carbons (Fsp3) is 0.391. The van der Waals surface area contributed by atoms with Crippen molar-refractivity contribution < 1.29 is 14.6 Å². The molecule has 1 aliphatic heterocycles. The van der Waals surface area contributed by atoms with Gasteiger partial charge in [0.05, 0.1) is 11.6 Å². The smallest absolute Gasteiger partial charge is 0.272 e. The van der Waals surface area contributed by atoms with Gasteiger partial charge in [-0.3, -0.25) is 14.3 Å². The summed E-state index contributed by atoms with van der Waals surface area (Å²) in [6, 6.07) is 9.78. The van der Waals surface area contributed by atoms with Crippen molar-refractivity contribution in [1.82, 2.24) is 14.9 Å². The van der Waals surface area contributed by atoms with Crippen LogP contribution in [0.2, 0.25) is 0 Å². The number of aliphatic hydroxyl groups excluding tert-OH is 1. The molecular weight excluding hydrogens is 366 g/mol. The predicted octanol–water partition coefficient (Wildman–Crippen LogP) is 3.49. The highest BCUT2D eigenvalue weighted by Crippen LogP contribution is 2.35. The normalized spacial score (nSPS) is 17.9. The maximum absolute atomic E-state index is 12.8. The summed E-state index contributed by atoms with van der Waals surface area (Å²) in [5.41, 5.74) is 2.76.